The Kier molecular flexibility index (Phi) is 6.35. The van der Waals surface area contributed by atoms with E-state index in [0.717, 1.165) is 0 Å². The molecular formula is C16H14N2O6S. The van der Waals surface area contributed by atoms with Gasteiger partial charge in [0.2, 0.25) is 0 Å². The van der Waals surface area contributed by atoms with E-state index in [9.17, 15) is 24.5 Å². The van der Waals surface area contributed by atoms with E-state index in [1.165, 1.54) is 35.6 Å². The van der Waals surface area contributed by atoms with Crippen molar-refractivity contribution >= 4 is 40.4 Å². The number of carbonyl (C=O) groups excluding carboxylic acids is 3. The van der Waals surface area contributed by atoms with E-state index in [4.69, 9.17) is 4.74 Å². The van der Waals surface area contributed by atoms with Gasteiger partial charge in [0, 0.05) is 24.2 Å². The monoisotopic (exact) mass is 362 g/mol. The fraction of sp³-hybridized carbons (Fsp3) is 0.188. The number of nitro groups is 1. The molecule has 9 heteroatoms. The van der Waals surface area contributed by atoms with Crippen molar-refractivity contribution in [2.45, 2.75) is 12.8 Å². The number of carbonyl (C=O) groups is 3. The van der Waals surface area contributed by atoms with Crippen LogP contribution in [-0.4, -0.2) is 29.2 Å². The lowest BCUT2D eigenvalue weighted by atomic mass is 10.2. The van der Waals surface area contributed by atoms with Gasteiger partial charge in [-0.1, -0.05) is 6.07 Å². The minimum absolute atomic E-state index is 0.0172. The van der Waals surface area contributed by atoms with E-state index >= 15 is 0 Å². The molecule has 0 radical (unpaired) electrons. The van der Waals surface area contributed by atoms with Crippen LogP contribution in [0.4, 0.5) is 11.4 Å². The molecule has 2 rings (SSSR count). The lowest BCUT2D eigenvalue weighted by Gasteiger charge is -2.06. The average molecular weight is 362 g/mol. The number of nitrogens with one attached hydrogen (secondary N) is 1. The smallest absolute Gasteiger partial charge is 0.306 e. The van der Waals surface area contributed by atoms with E-state index in [-0.39, 0.29) is 24.3 Å². The number of benzene rings is 1. The maximum Gasteiger partial charge on any atom is 0.306 e. The van der Waals surface area contributed by atoms with Crippen molar-refractivity contribution in [1.29, 1.82) is 0 Å². The molecular weight excluding hydrogens is 348 g/mol. The Morgan fingerprint density at radius 2 is 1.84 bits per heavy atom. The average Bonchev–Trinajstić information content (AvgIpc) is 3.13. The highest BCUT2D eigenvalue weighted by atomic mass is 32.1. The highest BCUT2D eigenvalue weighted by Crippen LogP contribution is 2.15. The van der Waals surface area contributed by atoms with Crippen LogP contribution in [0.3, 0.4) is 0 Å². The van der Waals surface area contributed by atoms with Crippen LogP contribution < -0.4 is 5.32 Å². The molecule has 1 N–H and O–H groups in total. The number of hydrogen-bond donors (Lipinski definition) is 1. The van der Waals surface area contributed by atoms with Crippen LogP contribution in [-0.2, 0) is 14.3 Å². The first kappa shape index (κ1) is 18.3. The predicted octanol–water partition coefficient (Wildman–Crippen LogP) is 2.80. The van der Waals surface area contributed by atoms with Gasteiger partial charge in [0.05, 0.1) is 16.2 Å². The number of esters is 1. The van der Waals surface area contributed by atoms with Crippen molar-refractivity contribution in [2.24, 2.45) is 0 Å². The largest absolute Gasteiger partial charge is 0.456 e. The molecule has 130 valence electrons. The summed E-state index contributed by atoms with van der Waals surface area (Å²) in [6, 6.07) is 8.67. The normalized spacial score (nSPS) is 10.1. The molecule has 0 atom stereocenters. The van der Waals surface area contributed by atoms with Crippen LogP contribution in [0.2, 0.25) is 0 Å². The quantitative estimate of drug-likeness (QED) is 0.334. The van der Waals surface area contributed by atoms with E-state index in [1.807, 2.05) is 0 Å². The number of rotatable bonds is 8. The van der Waals surface area contributed by atoms with Crippen LogP contribution in [0, 0.1) is 10.1 Å². The van der Waals surface area contributed by atoms with Crippen molar-refractivity contribution in [3.63, 3.8) is 0 Å². The van der Waals surface area contributed by atoms with Gasteiger partial charge in [0.1, 0.15) is 0 Å². The van der Waals surface area contributed by atoms with Crippen LogP contribution >= 0.6 is 11.3 Å². The molecule has 1 aromatic carbocycles. The van der Waals surface area contributed by atoms with Crippen LogP contribution in [0.1, 0.15) is 22.5 Å². The zero-order chi connectivity index (χ0) is 18.2. The number of ketones is 1. The second-order valence-corrected chi connectivity index (χ2v) is 5.86. The first-order valence-electron chi connectivity index (χ1n) is 7.22. The summed E-state index contributed by atoms with van der Waals surface area (Å²) in [6.45, 7) is -0.497. The summed E-state index contributed by atoms with van der Waals surface area (Å²) in [5.74, 6) is -1.38. The third-order valence-electron chi connectivity index (χ3n) is 3.08. The maximum absolute atomic E-state index is 11.7. The van der Waals surface area contributed by atoms with E-state index in [1.54, 1.807) is 17.5 Å². The summed E-state index contributed by atoms with van der Waals surface area (Å²) < 4.78 is 4.80. The topological polar surface area (TPSA) is 116 Å². The Hall–Kier alpha value is -3.07. The summed E-state index contributed by atoms with van der Waals surface area (Å²) in [7, 11) is 0. The molecule has 0 aliphatic carbocycles. The third-order valence-corrected chi connectivity index (χ3v) is 3.99. The molecule has 2 aromatic rings. The number of hydrogen-bond acceptors (Lipinski definition) is 7. The second kappa shape index (κ2) is 8.69. The van der Waals surface area contributed by atoms with Crippen LogP contribution in [0.5, 0.6) is 0 Å². The molecule has 0 spiro atoms. The molecule has 0 bridgehead atoms. The molecule has 1 heterocycles. The summed E-state index contributed by atoms with van der Waals surface area (Å²) in [6.07, 6.45) is -0.0924. The molecule has 0 aliphatic rings. The van der Waals surface area contributed by atoms with Crippen molar-refractivity contribution in [2.75, 3.05) is 11.9 Å². The van der Waals surface area contributed by atoms with Gasteiger partial charge in [-0.3, -0.25) is 24.5 Å². The number of amides is 1. The van der Waals surface area contributed by atoms with E-state index in [2.05, 4.69) is 5.32 Å². The number of nitro benzene ring substituents is 1. The molecule has 0 fully saturated rings. The highest BCUT2D eigenvalue weighted by molar-refractivity contribution is 7.12. The third kappa shape index (κ3) is 5.81. The Morgan fingerprint density at radius 1 is 1.12 bits per heavy atom. The maximum atomic E-state index is 11.7. The molecule has 1 amide bonds. The van der Waals surface area contributed by atoms with Crippen molar-refractivity contribution in [1.82, 2.24) is 0 Å². The zero-order valence-electron chi connectivity index (χ0n) is 13.0. The van der Waals surface area contributed by atoms with Crippen LogP contribution in [0.25, 0.3) is 0 Å². The number of anilines is 1. The number of Topliss-reactive ketones (excluding diaryl/α,β-unsaturated/α-hetero) is 1. The first-order valence-corrected chi connectivity index (χ1v) is 8.10. The fourth-order valence-corrected chi connectivity index (χ4v) is 2.55. The number of non-ortho nitro benzene ring substituents is 1. The van der Waals surface area contributed by atoms with Gasteiger partial charge in [0.15, 0.2) is 12.4 Å². The SMILES string of the molecule is O=C(COC(=O)CCC(=O)c1cccs1)Nc1ccc([N+](=O)[O-])cc1. The number of thiophene rings is 1. The lowest BCUT2D eigenvalue weighted by molar-refractivity contribution is -0.384. The second-order valence-electron chi connectivity index (χ2n) is 4.91. The van der Waals surface area contributed by atoms with Gasteiger partial charge >= 0.3 is 5.97 Å². The van der Waals surface area contributed by atoms with Crippen molar-refractivity contribution < 1.29 is 24.0 Å². The minimum atomic E-state index is -0.649. The molecule has 0 aliphatic heterocycles. The Labute approximate surface area is 146 Å². The van der Waals surface area contributed by atoms with Gasteiger partial charge in [-0.05, 0) is 23.6 Å². The molecule has 8 nitrogen and oxygen atoms in total. The minimum Gasteiger partial charge on any atom is -0.456 e. The van der Waals surface area contributed by atoms with Gasteiger partial charge in [-0.25, -0.2) is 0 Å². The zero-order valence-corrected chi connectivity index (χ0v) is 13.8. The van der Waals surface area contributed by atoms with Crippen molar-refractivity contribution in [3.05, 3.63) is 56.8 Å². The van der Waals surface area contributed by atoms with Gasteiger partial charge in [-0.2, -0.15) is 0 Å². The molecule has 0 saturated heterocycles. The molecule has 0 unspecified atom stereocenters. The summed E-state index contributed by atoms with van der Waals surface area (Å²) in [4.78, 5) is 45.5. The fourth-order valence-electron chi connectivity index (χ4n) is 1.86. The Balaban J connectivity index is 1.71. The van der Waals surface area contributed by atoms with Crippen LogP contribution in [0.15, 0.2) is 41.8 Å². The lowest BCUT2D eigenvalue weighted by Crippen LogP contribution is -2.21. The van der Waals surface area contributed by atoms with Gasteiger partial charge in [-0.15, -0.1) is 11.3 Å². The Bertz CT molecular complexity index is 770. The summed E-state index contributed by atoms with van der Waals surface area (Å²) in [5.41, 5.74) is 0.249. The van der Waals surface area contributed by atoms with Crippen molar-refractivity contribution in [3.8, 4) is 0 Å². The summed E-state index contributed by atoms with van der Waals surface area (Å²) in [5, 5.41) is 14.8. The Morgan fingerprint density at radius 3 is 2.44 bits per heavy atom. The molecule has 0 saturated carbocycles. The number of ether oxygens (including phenoxy) is 1. The molecule has 25 heavy (non-hydrogen) atoms. The van der Waals surface area contributed by atoms with Gasteiger partial charge in [0.25, 0.3) is 11.6 Å². The highest BCUT2D eigenvalue weighted by Gasteiger charge is 2.13. The standard InChI is InChI=1S/C16H14N2O6S/c19-13(14-2-1-9-25-14)7-8-16(21)24-10-15(20)17-11-3-5-12(6-4-11)18(22)23/h1-6,9H,7-8,10H2,(H,17,20). The number of nitrogens with zero attached hydrogens (tertiary/aromatic N) is 1. The molecule has 1 aromatic heterocycles. The first-order chi connectivity index (χ1) is 12.0. The van der Waals surface area contributed by atoms with Gasteiger partial charge < -0.3 is 10.1 Å². The predicted molar refractivity (Wildman–Crippen MR) is 90.6 cm³/mol. The van der Waals surface area contributed by atoms with E-state index in [0.29, 0.717) is 10.6 Å². The van der Waals surface area contributed by atoms with E-state index < -0.39 is 23.4 Å². The summed E-state index contributed by atoms with van der Waals surface area (Å²) >= 11 is 1.30.